The average Bonchev–Trinajstić information content (AvgIpc) is 3.18. The Morgan fingerprint density at radius 3 is 2.43 bits per heavy atom. The van der Waals surface area contributed by atoms with Gasteiger partial charge in [-0.2, -0.15) is 0 Å². The number of fused-ring (bicyclic) bond motifs is 1. The molecule has 0 amide bonds. The summed E-state index contributed by atoms with van der Waals surface area (Å²) < 4.78 is 13.4. The molecule has 3 aromatic carbocycles. The summed E-state index contributed by atoms with van der Waals surface area (Å²) in [5.41, 5.74) is 5.12. The van der Waals surface area contributed by atoms with Crippen molar-refractivity contribution in [1.82, 2.24) is 9.55 Å². The molecule has 0 saturated heterocycles. The molecule has 0 saturated carbocycles. The predicted octanol–water partition coefficient (Wildman–Crippen LogP) is 7.06. The van der Waals surface area contributed by atoms with Crippen LogP contribution in [0.3, 0.4) is 0 Å². The lowest BCUT2D eigenvalue weighted by Crippen LogP contribution is -2.24. The molecular weight excluding hydrogens is 436 g/mol. The van der Waals surface area contributed by atoms with E-state index in [1.165, 1.54) is 5.56 Å². The Morgan fingerprint density at radius 1 is 1.00 bits per heavy atom. The van der Waals surface area contributed by atoms with Gasteiger partial charge in [0, 0.05) is 19.0 Å². The van der Waals surface area contributed by atoms with Crippen molar-refractivity contribution in [2.75, 3.05) is 7.11 Å². The first-order valence-electron chi connectivity index (χ1n) is 12.2. The van der Waals surface area contributed by atoms with Crippen molar-refractivity contribution in [3.8, 4) is 16.9 Å². The van der Waals surface area contributed by atoms with Crippen LogP contribution in [-0.4, -0.2) is 28.2 Å². The quantitative estimate of drug-likeness (QED) is 0.259. The molecule has 0 bridgehead atoms. The molecule has 35 heavy (non-hydrogen) atoms. The van der Waals surface area contributed by atoms with Crippen LogP contribution in [0.15, 0.2) is 66.7 Å². The number of hydrogen-bond donors (Lipinski definition) is 0. The predicted molar refractivity (Wildman–Crippen MR) is 141 cm³/mol. The summed E-state index contributed by atoms with van der Waals surface area (Å²) in [6.45, 7) is 8.56. The molecule has 5 heteroatoms. The molecule has 4 rings (SSSR count). The lowest BCUT2D eigenvalue weighted by atomic mass is 9.98. The number of unbranched alkanes of at least 4 members (excludes halogenated alkanes) is 1. The van der Waals surface area contributed by atoms with E-state index in [1.807, 2.05) is 57.2 Å². The maximum absolute atomic E-state index is 12.8. The first-order valence-corrected chi connectivity index (χ1v) is 12.2. The number of benzene rings is 3. The lowest BCUT2D eigenvalue weighted by molar-refractivity contribution is 0.00704. The van der Waals surface area contributed by atoms with Gasteiger partial charge in [-0.3, -0.25) is 0 Å². The van der Waals surface area contributed by atoms with Gasteiger partial charge in [-0.25, -0.2) is 9.78 Å². The van der Waals surface area contributed by atoms with E-state index < -0.39 is 5.60 Å². The fraction of sp³-hybridized carbons (Fsp3) is 0.333. The van der Waals surface area contributed by atoms with Crippen LogP contribution in [0.4, 0.5) is 0 Å². The summed E-state index contributed by atoms with van der Waals surface area (Å²) in [7, 11) is 1.69. The van der Waals surface area contributed by atoms with Crippen molar-refractivity contribution < 1.29 is 14.3 Å². The van der Waals surface area contributed by atoms with Crippen LogP contribution in [0.2, 0.25) is 0 Å². The summed E-state index contributed by atoms with van der Waals surface area (Å²) in [6.07, 6.45) is 3.16. The number of hydrogen-bond acceptors (Lipinski definition) is 4. The van der Waals surface area contributed by atoms with Gasteiger partial charge in [-0.05, 0) is 62.1 Å². The number of rotatable bonds is 8. The molecule has 0 radical (unpaired) electrons. The molecule has 0 spiro atoms. The molecule has 0 aliphatic carbocycles. The molecule has 0 unspecified atom stereocenters. The van der Waals surface area contributed by atoms with Crippen LogP contribution in [0, 0.1) is 0 Å². The Labute approximate surface area is 207 Å². The Bertz CT molecular complexity index is 1310. The van der Waals surface area contributed by atoms with Crippen molar-refractivity contribution in [3.05, 3.63) is 83.7 Å². The topological polar surface area (TPSA) is 53.4 Å². The Balaban J connectivity index is 1.64. The van der Waals surface area contributed by atoms with Crippen molar-refractivity contribution >= 4 is 17.0 Å². The van der Waals surface area contributed by atoms with E-state index in [1.54, 1.807) is 7.11 Å². The molecule has 0 aliphatic rings. The van der Waals surface area contributed by atoms with E-state index in [2.05, 4.69) is 41.8 Å². The highest BCUT2D eigenvalue weighted by Crippen LogP contribution is 2.28. The van der Waals surface area contributed by atoms with Crippen LogP contribution >= 0.6 is 0 Å². The lowest BCUT2D eigenvalue weighted by Gasteiger charge is -2.20. The Hall–Kier alpha value is -3.60. The number of aromatic nitrogens is 2. The monoisotopic (exact) mass is 470 g/mol. The summed E-state index contributed by atoms with van der Waals surface area (Å²) >= 11 is 0. The second kappa shape index (κ2) is 10.3. The average molecular weight is 471 g/mol. The van der Waals surface area contributed by atoms with E-state index in [9.17, 15) is 4.79 Å². The van der Waals surface area contributed by atoms with Crippen LogP contribution in [0.5, 0.6) is 5.75 Å². The highest BCUT2D eigenvalue weighted by atomic mass is 16.6. The number of carbonyl (C=O) groups is 1. The molecule has 5 nitrogen and oxygen atoms in total. The molecular formula is C30H34N2O3. The Morgan fingerprint density at radius 2 is 1.74 bits per heavy atom. The number of methoxy groups -OCH3 is 1. The van der Waals surface area contributed by atoms with Gasteiger partial charge in [-0.15, -0.1) is 0 Å². The summed E-state index contributed by atoms with van der Waals surface area (Å²) in [6, 6.07) is 22.0. The smallest absolute Gasteiger partial charge is 0.339 e. The van der Waals surface area contributed by atoms with Gasteiger partial charge in [0.25, 0.3) is 0 Å². The van der Waals surface area contributed by atoms with Crippen LogP contribution < -0.4 is 4.74 Å². The highest BCUT2D eigenvalue weighted by molar-refractivity contribution is 5.97. The van der Waals surface area contributed by atoms with E-state index in [0.29, 0.717) is 5.56 Å². The number of aryl methyl sites for hydroxylation is 1. The molecule has 0 atom stereocenters. The first kappa shape index (κ1) is 24.5. The van der Waals surface area contributed by atoms with Crippen molar-refractivity contribution in [2.24, 2.45) is 0 Å². The maximum atomic E-state index is 12.8. The largest absolute Gasteiger partial charge is 0.497 e. The van der Waals surface area contributed by atoms with Crippen molar-refractivity contribution in [2.45, 2.75) is 59.1 Å². The number of ether oxygens (including phenoxy) is 2. The number of esters is 1. The molecule has 0 N–H and O–H groups in total. The zero-order chi connectivity index (χ0) is 25.0. The summed E-state index contributed by atoms with van der Waals surface area (Å²) in [5.74, 6) is 1.61. The Kier molecular flexibility index (Phi) is 7.25. The number of imidazole rings is 1. The fourth-order valence-corrected chi connectivity index (χ4v) is 4.20. The molecule has 1 aromatic heterocycles. The third-order valence-electron chi connectivity index (χ3n) is 5.94. The maximum Gasteiger partial charge on any atom is 0.339 e. The minimum Gasteiger partial charge on any atom is -0.497 e. The zero-order valence-corrected chi connectivity index (χ0v) is 21.3. The SMILES string of the molecule is CCCCc1nc2ccc(OC)cc2n1Cc1ccc(-c2ccccc2C(=O)OC(C)(C)C)cc1. The van der Waals surface area contributed by atoms with Gasteiger partial charge in [-0.1, -0.05) is 55.8 Å². The van der Waals surface area contributed by atoms with Gasteiger partial charge >= 0.3 is 5.97 Å². The van der Waals surface area contributed by atoms with E-state index in [-0.39, 0.29) is 5.97 Å². The number of nitrogens with zero attached hydrogens (tertiary/aromatic N) is 2. The van der Waals surface area contributed by atoms with Crippen LogP contribution in [-0.2, 0) is 17.7 Å². The van der Waals surface area contributed by atoms with Crippen LogP contribution in [0.25, 0.3) is 22.2 Å². The van der Waals surface area contributed by atoms with Gasteiger partial charge < -0.3 is 14.0 Å². The van der Waals surface area contributed by atoms with E-state index in [4.69, 9.17) is 14.5 Å². The van der Waals surface area contributed by atoms with Gasteiger partial charge in [0.05, 0.1) is 23.7 Å². The van der Waals surface area contributed by atoms with E-state index >= 15 is 0 Å². The molecule has 182 valence electrons. The number of carbonyl (C=O) groups excluding carboxylic acids is 1. The zero-order valence-electron chi connectivity index (χ0n) is 21.3. The minimum atomic E-state index is -0.542. The fourth-order valence-electron chi connectivity index (χ4n) is 4.20. The molecule has 0 aliphatic heterocycles. The standard InChI is InChI=1S/C30H34N2O3/c1-6-7-12-28-31-26-18-17-23(34-5)19-27(26)32(28)20-21-13-15-22(16-14-21)24-10-8-9-11-25(24)29(33)35-30(2,3)4/h8-11,13-19H,6-7,12,20H2,1-5H3. The van der Waals surface area contributed by atoms with Gasteiger partial charge in [0.2, 0.25) is 0 Å². The van der Waals surface area contributed by atoms with Gasteiger partial charge in [0.15, 0.2) is 0 Å². The van der Waals surface area contributed by atoms with Crippen molar-refractivity contribution in [3.63, 3.8) is 0 Å². The normalized spacial score (nSPS) is 11.6. The molecule has 0 fully saturated rings. The van der Waals surface area contributed by atoms with Gasteiger partial charge in [0.1, 0.15) is 17.2 Å². The summed E-state index contributed by atoms with van der Waals surface area (Å²) in [4.78, 5) is 17.7. The summed E-state index contributed by atoms with van der Waals surface area (Å²) in [5, 5.41) is 0. The first-order chi connectivity index (χ1) is 16.8. The molecule has 1 heterocycles. The van der Waals surface area contributed by atoms with Crippen molar-refractivity contribution in [1.29, 1.82) is 0 Å². The molecule has 4 aromatic rings. The third kappa shape index (κ3) is 5.73. The van der Waals surface area contributed by atoms with Crippen LogP contribution in [0.1, 0.15) is 62.3 Å². The second-order valence-electron chi connectivity index (χ2n) is 9.82. The highest BCUT2D eigenvalue weighted by Gasteiger charge is 2.20. The van der Waals surface area contributed by atoms with E-state index in [0.717, 1.165) is 59.5 Å². The minimum absolute atomic E-state index is 0.309. The third-order valence-corrected chi connectivity index (χ3v) is 5.94. The second-order valence-corrected chi connectivity index (χ2v) is 9.82.